The van der Waals surface area contributed by atoms with Crippen LogP contribution in [0.4, 0.5) is 0 Å². The third-order valence-corrected chi connectivity index (χ3v) is 2.86. The lowest BCUT2D eigenvalue weighted by Crippen LogP contribution is -2.04. The van der Waals surface area contributed by atoms with Gasteiger partial charge in [0.05, 0.1) is 11.4 Å². The molecule has 0 spiro atoms. The number of hydrogen-bond acceptors (Lipinski definition) is 3. The minimum absolute atomic E-state index is 0.386. The van der Waals surface area contributed by atoms with Crippen molar-refractivity contribution in [3.8, 4) is 0 Å². The molecule has 17 heavy (non-hydrogen) atoms. The highest BCUT2D eigenvalue weighted by Gasteiger charge is 2.09. The predicted octanol–water partition coefficient (Wildman–Crippen LogP) is 2.78. The summed E-state index contributed by atoms with van der Waals surface area (Å²) in [5.41, 5.74) is 3.42. The number of pyridine rings is 1. The van der Waals surface area contributed by atoms with E-state index >= 15 is 0 Å². The number of aryl methyl sites for hydroxylation is 1. The van der Waals surface area contributed by atoms with Crippen molar-refractivity contribution in [3.05, 3.63) is 53.9 Å². The second-order valence-corrected chi connectivity index (χ2v) is 4.25. The first-order chi connectivity index (χ1) is 8.29. The van der Waals surface area contributed by atoms with Crippen LogP contribution in [-0.4, -0.2) is 15.0 Å². The highest BCUT2D eigenvalue weighted by molar-refractivity contribution is 5.16. The molecule has 0 amide bonds. The van der Waals surface area contributed by atoms with Gasteiger partial charge in [0.2, 0.25) is 0 Å². The van der Waals surface area contributed by atoms with E-state index in [9.17, 15) is 0 Å². The van der Waals surface area contributed by atoms with Crippen LogP contribution < -0.4 is 0 Å². The molecule has 1 unspecified atom stereocenters. The molecule has 0 bridgehead atoms. The minimum Gasteiger partial charge on any atom is -0.265 e. The minimum atomic E-state index is 0.386. The zero-order valence-electron chi connectivity index (χ0n) is 10.3. The summed E-state index contributed by atoms with van der Waals surface area (Å²) in [6.07, 6.45) is 9.27. The van der Waals surface area contributed by atoms with E-state index in [0.29, 0.717) is 5.92 Å². The van der Waals surface area contributed by atoms with Crippen molar-refractivity contribution in [1.29, 1.82) is 0 Å². The van der Waals surface area contributed by atoms with Crippen LogP contribution in [0.1, 0.15) is 36.7 Å². The molecule has 0 aliphatic carbocycles. The van der Waals surface area contributed by atoms with Crippen LogP contribution >= 0.6 is 0 Å². The molecule has 0 aliphatic heterocycles. The van der Waals surface area contributed by atoms with E-state index in [1.165, 1.54) is 5.56 Å². The maximum atomic E-state index is 4.61. The Morgan fingerprint density at radius 3 is 2.59 bits per heavy atom. The molecule has 2 aromatic heterocycles. The first-order valence-electron chi connectivity index (χ1n) is 5.99. The Labute approximate surface area is 102 Å². The van der Waals surface area contributed by atoms with Crippen LogP contribution in [0.25, 0.3) is 0 Å². The second kappa shape index (κ2) is 5.53. The van der Waals surface area contributed by atoms with E-state index in [1.807, 2.05) is 36.9 Å². The Balaban J connectivity index is 2.11. The standard InChI is InChI=1S/C14H17N3/c1-3-13-9-16-10-14(17-13)11(2)8-12-4-6-15-7-5-12/h4-7,9-11H,3,8H2,1-2H3. The number of hydrogen-bond donors (Lipinski definition) is 0. The van der Waals surface area contributed by atoms with E-state index in [0.717, 1.165) is 24.2 Å². The molecule has 0 aromatic carbocycles. The van der Waals surface area contributed by atoms with Gasteiger partial charge in [0.1, 0.15) is 0 Å². The Morgan fingerprint density at radius 1 is 1.12 bits per heavy atom. The summed E-state index contributed by atoms with van der Waals surface area (Å²) < 4.78 is 0. The Hall–Kier alpha value is -1.77. The average molecular weight is 227 g/mol. The summed E-state index contributed by atoms with van der Waals surface area (Å²) >= 11 is 0. The van der Waals surface area contributed by atoms with Gasteiger partial charge in [-0.1, -0.05) is 13.8 Å². The summed E-state index contributed by atoms with van der Waals surface area (Å²) in [6.45, 7) is 4.28. The predicted molar refractivity (Wildman–Crippen MR) is 67.8 cm³/mol. The first kappa shape index (κ1) is 11.7. The van der Waals surface area contributed by atoms with Gasteiger partial charge in [-0.2, -0.15) is 0 Å². The van der Waals surface area contributed by atoms with Gasteiger partial charge in [-0.15, -0.1) is 0 Å². The molecule has 1 atom stereocenters. The van der Waals surface area contributed by atoms with Crippen molar-refractivity contribution >= 4 is 0 Å². The van der Waals surface area contributed by atoms with E-state index in [2.05, 4.69) is 28.8 Å². The Bertz CT molecular complexity index is 468. The molecule has 2 aromatic rings. The average Bonchev–Trinajstić information content (AvgIpc) is 2.40. The summed E-state index contributed by atoms with van der Waals surface area (Å²) in [4.78, 5) is 12.9. The lowest BCUT2D eigenvalue weighted by Gasteiger charge is -2.11. The van der Waals surface area contributed by atoms with E-state index in [-0.39, 0.29) is 0 Å². The monoisotopic (exact) mass is 227 g/mol. The molecule has 0 fully saturated rings. The fourth-order valence-electron chi connectivity index (χ4n) is 1.81. The fraction of sp³-hybridized carbons (Fsp3) is 0.357. The van der Waals surface area contributed by atoms with Crippen LogP contribution in [0.15, 0.2) is 36.9 Å². The second-order valence-electron chi connectivity index (χ2n) is 4.25. The molecule has 0 N–H and O–H groups in total. The topological polar surface area (TPSA) is 38.7 Å². The summed E-state index contributed by atoms with van der Waals surface area (Å²) in [5.74, 6) is 0.386. The quantitative estimate of drug-likeness (QED) is 0.806. The van der Waals surface area contributed by atoms with Gasteiger partial charge in [-0.3, -0.25) is 15.0 Å². The van der Waals surface area contributed by atoms with Crippen LogP contribution in [-0.2, 0) is 12.8 Å². The molecule has 0 aliphatic rings. The highest BCUT2D eigenvalue weighted by Crippen LogP contribution is 2.17. The molecule has 0 saturated heterocycles. The number of aromatic nitrogens is 3. The summed E-state index contributed by atoms with van der Waals surface area (Å²) in [6, 6.07) is 4.10. The van der Waals surface area contributed by atoms with Crippen molar-refractivity contribution in [3.63, 3.8) is 0 Å². The van der Waals surface area contributed by atoms with E-state index in [1.54, 1.807) is 0 Å². The smallest absolute Gasteiger partial charge is 0.0621 e. The molecule has 2 rings (SSSR count). The Morgan fingerprint density at radius 2 is 1.88 bits per heavy atom. The van der Waals surface area contributed by atoms with Gasteiger partial charge in [-0.25, -0.2) is 0 Å². The first-order valence-corrected chi connectivity index (χ1v) is 5.99. The molecule has 3 heteroatoms. The maximum Gasteiger partial charge on any atom is 0.0621 e. The van der Waals surface area contributed by atoms with Gasteiger partial charge >= 0.3 is 0 Å². The van der Waals surface area contributed by atoms with Crippen molar-refractivity contribution in [2.75, 3.05) is 0 Å². The number of rotatable bonds is 4. The fourth-order valence-corrected chi connectivity index (χ4v) is 1.81. The highest BCUT2D eigenvalue weighted by atomic mass is 14.8. The van der Waals surface area contributed by atoms with Crippen LogP contribution in [0.2, 0.25) is 0 Å². The summed E-state index contributed by atoms with van der Waals surface area (Å²) in [5, 5.41) is 0. The molecule has 3 nitrogen and oxygen atoms in total. The summed E-state index contributed by atoms with van der Waals surface area (Å²) in [7, 11) is 0. The zero-order valence-corrected chi connectivity index (χ0v) is 10.3. The molecule has 0 radical (unpaired) electrons. The van der Waals surface area contributed by atoms with E-state index in [4.69, 9.17) is 0 Å². The largest absolute Gasteiger partial charge is 0.265 e. The lowest BCUT2D eigenvalue weighted by molar-refractivity contribution is 0.715. The van der Waals surface area contributed by atoms with Crippen LogP contribution in [0.3, 0.4) is 0 Å². The van der Waals surface area contributed by atoms with Crippen molar-refractivity contribution in [2.45, 2.75) is 32.6 Å². The van der Waals surface area contributed by atoms with Crippen molar-refractivity contribution in [2.24, 2.45) is 0 Å². The van der Waals surface area contributed by atoms with Gasteiger partial charge in [0, 0.05) is 30.7 Å². The lowest BCUT2D eigenvalue weighted by atomic mass is 9.99. The van der Waals surface area contributed by atoms with Crippen LogP contribution in [0.5, 0.6) is 0 Å². The van der Waals surface area contributed by atoms with Crippen molar-refractivity contribution < 1.29 is 0 Å². The zero-order chi connectivity index (χ0) is 12.1. The van der Waals surface area contributed by atoms with Gasteiger partial charge in [0.25, 0.3) is 0 Å². The van der Waals surface area contributed by atoms with Crippen LogP contribution in [0, 0.1) is 0 Å². The molecular formula is C14H17N3. The number of nitrogens with zero attached hydrogens (tertiary/aromatic N) is 3. The van der Waals surface area contributed by atoms with Gasteiger partial charge in [0.15, 0.2) is 0 Å². The van der Waals surface area contributed by atoms with E-state index < -0.39 is 0 Å². The normalized spacial score (nSPS) is 12.4. The molecule has 88 valence electrons. The van der Waals surface area contributed by atoms with Gasteiger partial charge < -0.3 is 0 Å². The third-order valence-electron chi connectivity index (χ3n) is 2.86. The SMILES string of the molecule is CCc1cncc(C(C)Cc2ccncc2)n1. The van der Waals surface area contributed by atoms with Gasteiger partial charge in [-0.05, 0) is 30.5 Å². The maximum absolute atomic E-state index is 4.61. The third kappa shape index (κ3) is 3.09. The van der Waals surface area contributed by atoms with Crippen molar-refractivity contribution in [1.82, 2.24) is 15.0 Å². The Kier molecular flexibility index (Phi) is 3.81. The molecule has 2 heterocycles. The molecular weight excluding hydrogens is 210 g/mol. The molecule has 0 saturated carbocycles.